The quantitative estimate of drug-likeness (QED) is 0.429. The smallest absolute Gasteiger partial charge is 0.174 e. The molecule has 0 bridgehead atoms. The van der Waals surface area contributed by atoms with E-state index in [9.17, 15) is 0 Å². The summed E-state index contributed by atoms with van der Waals surface area (Å²) in [6, 6.07) is 19.4. The summed E-state index contributed by atoms with van der Waals surface area (Å²) in [4.78, 5) is 10.9. The minimum atomic E-state index is -0.183. The number of pyridine rings is 2. The summed E-state index contributed by atoms with van der Waals surface area (Å²) in [6.07, 6.45) is 7.43. The van der Waals surface area contributed by atoms with E-state index < -0.39 is 0 Å². The summed E-state index contributed by atoms with van der Waals surface area (Å²) in [5.74, 6) is 1.39. The van der Waals surface area contributed by atoms with Gasteiger partial charge in [0.15, 0.2) is 5.11 Å². The van der Waals surface area contributed by atoms with Crippen LogP contribution in [0.2, 0.25) is 0 Å². The van der Waals surface area contributed by atoms with Crippen molar-refractivity contribution in [3.05, 3.63) is 96.8 Å². The van der Waals surface area contributed by atoms with Crippen molar-refractivity contribution in [2.45, 2.75) is 12.1 Å². The molecule has 0 amide bonds. The molecule has 8 heteroatoms. The van der Waals surface area contributed by atoms with Crippen molar-refractivity contribution in [2.24, 2.45) is 0 Å². The SMILES string of the molecule is COc1ccc(N2C(=S)N[C@@H](c3ccccn3)[C@H]2c2cccn2-c2ccncc2)c(OC)c1. The Balaban J connectivity index is 1.69. The van der Waals surface area contributed by atoms with Gasteiger partial charge < -0.3 is 24.3 Å². The third kappa shape index (κ3) is 3.78. The monoisotopic (exact) mass is 457 g/mol. The van der Waals surface area contributed by atoms with Crippen LogP contribution in [0, 0.1) is 0 Å². The summed E-state index contributed by atoms with van der Waals surface area (Å²) in [5, 5.41) is 4.10. The van der Waals surface area contributed by atoms with Crippen molar-refractivity contribution in [2.75, 3.05) is 19.1 Å². The molecule has 2 atom stereocenters. The molecule has 0 aliphatic carbocycles. The van der Waals surface area contributed by atoms with Gasteiger partial charge >= 0.3 is 0 Å². The lowest BCUT2D eigenvalue weighted by Gasteiger charge is -2.30. The number of hydrogen-bond acceptors (Lipinski definition) is 5. The van der Waals surface area contributed by atoms with Gasteiger partial charge in [0.2, 0.25) is 0 Å². The maximum atomic E-state index is 5.86. The van der Waals surface area contributed by atoms with Crippen molar-refractivity contribution < 1.29 is 9.47 Å². The lowest BCUT2D eigenvalue weighted by atomic mass is 10.0. The van der Waals surface area contributed by atoms with E-state index in [0.717, 1.165) is 22.8 Å². The fourth-order valence-electron chi connectivity index (χ4n) is 4.27. The first-order chi connectivity index (χ1) is 16.2. The number of nitrogens with one attached hydrogen (secondary N) is 1. The Kier molecular flexibility index (Phi) is 5.66. The van der Waals surface area contributed by atoms with E-state index >= 15 is 0 Å². The standard InChI is InChI=1S/C25H23N5O2S/c1-31-18-8-9-20(22(16-18)32-2)30-24(23(28-25(30)33)19-6-3-4-12-27-19)21-7-5-15-29(21)17-10-13-26-14-11-17/h3-16,23-24H,1-2H3,(H,28,33)/t23-,24+/m0/s1. The average Bonchev–Trinajstić information content (AvgIpc) is 3.49. The van der Waals surface area contributed by atoms with Crippen LogP contribution in [-0.2, 0) is 0 Å². The number of aromatic nitrogens is 3. The molecule has 0 unspecified atom stereocenters. The number of benzene rings is 1. The second-order valence-electron chi connectivity index (χ2n) is 7.54. The van der Waals surface area contributed by atoms with E-state index in [1.807, 2.05) is 60.8 Å². The number of ether oxygens (including phenoxy) is 2. The molecule has 0 saturated carbocycles. The van der Waals surface area contributed by atoms with Crippen LogP contribution < -0.4 is 19.7 Å². The Labute approximate surface area is 197 Å². The minimum Gasteiger partial charge on any atom is -0.497 e. The second kappa shape index (κ2) is 8.91. The molecule has 0 radical (unpaired) electrons. The third-order valence-electron chi connectivity index (χ3n) is 5.77. The van der Waals surface area contributed by atoms with E-state index in [4.69, 9.17) is 21.7 Å². The number of thiocarbonyl (C=S) groups is 1. The Morgan fingerprint density at radius 2 is 1.79 bits per heavy atom. The van der Waals surface area contributed by atoms with Crippen LogP contribution in [-0.4, -0.2) is 33.9 Å². The van der Waals surface area contributed by atoms with Gasteiger partial charge in [0.25, 0.3) is 0 Å². The Morgan fingerprint density at radius 3 is 2.52 bits per heavy atom. The van der Waals surface area contributed by atoms with Crippen LogP contribution in [0.25, 0.3) is 5.69 Å². The summed E-state index contributed by atoms with van der Waals surface area (Å²) in [6.45, 7) is 0. The number of nitrogens with zero attached hydrogens (tertiary/aromatic N) is 4. The van der Waals surface area contributed by atoms with Gasteiger partial charge in [-0.2, -0.15) is 0 Å². The molecule has 4 aromatic rings. The highest BCUT2D eigenvalue weighted by Crippen LogP contribution is 2.45. The first-order valence-electron chi connectivity index (χ1n) is 10.5. The molecule has 1 saturated heterocycles. The number of hydrogen-bond donors (Lipinski definition) is 1. The molecule has 0 spiro atoms. The molecule has 7 nitrogen and oxygen atoms in total. The van der Waals surface area contributed by atoms with Crippen LogP contribution >= 0.6 is 12.2 Å². The maximum absolute atomic E-state index is 5.86. The van der Waals surface area contributed by atoms with Gasteiger partial charge in [-0.25, -0.2) is 0 Å². The normalized spacial score (nSPS) is 17.6. The van der Waals surface area contributed by atoms with Crippen molar-refractivity contribution in [1.82, 2.24) is 19.9 Å². The predicted molar refractivity (Wildman–Crippen MR) is 131 cm³/mol. The zero-order valence-electron chi connectivity index (χ0n) is 18.3. The summed E-state index contributed by atoms with van der Waals surface area (Å²) >= 11 is 5.86. The molecular weight excluding hydrogens is 434 g/mol. The molecule has 33 heavy (non-hydrogen) atoms. The molecule has 5 rings (SSSR count). The third-order valence-corrected chi connectivity index (χ3v) is 6.08. The van der Waals surface area contributed by atoms with Gasteiger partial charge in [-0.3, -0.25) is 9.97 Å². The molecule has 1 aliphatic heterocycles. The van der Waals surface area contributed by atoms with Crippen LogP contribution in [0.1, 0.15) is 23.5 Å². The summed E-state index contributed by atoms with van der Waals surface area (Å²) in [5.41, 5.74) is 3.83. The van der Waals surface area contributed by atoms with Crippen LogP contribution in [0.5, 0.6) is 11.5 Å². The number of anilines is 1. The van der Waals surface area contributed by atoms with E-state index in [1.165, 1.54) is 0 Å². The van der Waals surface area contributed by atoms with Crippen molar-refractivity contribution in [1.29, 1.82) is 0 Å². The van der Waals surface area contributed by atoms with Gasteiger partial charge in [-0.1, -0.05) is 6.07 Å². The van der Waals surface area contributed by atoms with Crippen molar-refractivity contribution in [3.63, 3.8) is 0 Å². The highest BCUT2D eigenvalue weighted by molar-refractivity contribution is 7.80. The Hall–Kier alpha value is -3.91. The first-order valence-corrected chi connectivity index (χ1v) is 10.9. The number of rotatable bonds is 6. The van der Waals surface area contributed by atoms with E-state index in [1.54, 1.807) is 32.8 Å². The average molecular weight is 458 g/mol. The highest BCUT2D eigenvalue weighted by atomic mass is 32.1. The molecular formula is C25H23N5O2S. The van der Waals surface area contributed by atoms with Crippen LogP contribution in [0.3, 0.4) is 0 Å². The number of methoxy groups -OCH3 is 2. The van der Waals surface area contributed by atoms with Gasteiger partial charge in [-0.15, -0.1) is 0 Å². The predicted octanol–water partition coefficient (Wildman–Crippen LogP) is 4.46. The molecule has 3 aromatic heterocycles. The van der Waals surface area contributed by atoms with Crippen LogP contribution in [0.4, 0.5) is 5.69 Å². The Bertz CT molecular complexity index is 1260. The molecule has 166 valence electrons. The maximum Gasteiger partial charge on any atom is 0.174 e. The summed E-state index contributed by atoms with van der Waals surface area (Å²) in [7, 11) is 3.29. The zero-order chi connectivity index (χ0) is 22.8. The van der Waals surface area contributed by atoms with Gasteiger partial charge in [0.1, 0.15) is 17.5 Å². The molecule has 1 fully saturated rings. The zero-order valence-corrected chi connectivity index (χ0v) is 19.1. The fourth-order valence-corrected chi connectivity index (χ4v) is 4.61. The van der Waals surface area contributed by atoms with Gasteiger partial charge in [0, 0.05) is 42.2 Å². The van der Waals surface area contributed by atoms with Gasteiger partial charge in [-0.05, 0) is 60.7 Å². The largest absolute Gasteiger partial charge is 0.497 e. The Morgan fingerprint density at radius 1 is 0.939 bits per heavy atom. The topological polar surface area (TPSA) is 64.4 Å². The van der Waals surface area contributed by atoms with Crippen LogP contribution in [0.15, 0.2) is 85.5 Å². The lowest BCUT2D eigenvalue weighted by Crippen LogP contribution is -2.30. The van der Waals surface area contributed by atoms with E-state index in [0.29, 0.717) is 16.6 Å². The molecule has 4 heterocycles. The highest BCUT2D eigenvalue weighted by Gasteiger charge is 2.43. The first kappa shape index (κ1) is 21.0. The van der Waals surface area contributed by atoms with Gasteiger partial charge in [0.05, 0.1) is 31.6 Å². The fraction of sp³-hybridized carbons (Fsp3) is 0.160. The van der Waals surface area contributed by atoms with Crippen molar-refractivity contribution in [3.8, 4) is 17.2 Å². The molecule has 1 aliphatic rings. The van der Waals surface area contributed by atoms with E-state index in [2.05, 4.69) is 30.8 Å². The molecule has 1 aromatic carbocycles. The van der Waals surface area contributed by atoms with E-state index in [-0.39, 0.29) is 12.1 Å². The van der Waals surface area contributed by atoms with Crippen molar-refractivity contribution >= 4 is 23.0 Å². The second-order valence-corrected chi connectivity index (χ2v) is 7.93. The summed E-state index contributed by atoms with van der Waals surface area (Å²) < 4.78 is 13.3. The molecule has 1 N–H and O–H groups in total. The minimum absolute atomic E-state index is 0.166. The lowest BCUT2D eigenvalue weighted by molar-refractivity contribution is 0.394.